The molecule has 0 spiro atoms. The van der Waals surface area contributed by atoms with Crippen LogP contribution in [0.1, 0.15) is 0 Å². The molecule has 0 bridgehead atoms. The van der Waals surface area contributed by atoms with Gasteiger partial charge in [-0.3, -0.25) is 5.10 Å². The summed E-state index contributed by atoms with van der Waals surface area (Å²) in [6.07, 6.45) is 0. The van der Waals surface area contributed by atoms with Crippen molar-refractivity contribution in [3.8, 4) is 11.1 Å². The van der Waals surface area contributed by atoms with Gasteiger partial charge in [0.15, 0.2) is 5.82 Å². The Morgan fingerprint density at radius 1 is 0.926 bits per heavy atom. The van der Waals surface area contributed by atoms with Gasteiger partial charge >= 0.3 is 6.03 Å². The van der Waals surface area contributed by atoms with Crippen molar-refractivity contribution in [2.24, 2.45) is 0 Å². The predicted octanol–water partition coefficient (Wildman–Crippen LogP) is 4.60. The van der Waals surface area contributed by atoms with Gasteiger partial charge in [0.25, 0.3) is 0 Å². The summed E-state index contributed by atoms with van der Waals surface area (Å²) in [6, 6.07) is 18.6. The molecule has 134 valence electrons. The number of rotatable bonds is 3. The van der Waals surface area contributed by atoms with Gasteiger partial charge in [0.2, 0.25) is 0 Å². The van der Waals surface area contributed by atoms with Crippen LogP contribution in [0.3, 0.4) is 0 Å². The second-order valence-corrected chi connectivity index (χ2v) is 5.98. The van der Waals surface area contributed by atoms with Crippen LogP contribution in [-0.2, 0) is 0 Å². The minimum absolute atomic E-state index is 0.240. The zero-order chi connectivity index (χ0) is 18.8. The number of para-hydroxylation sites is 1. The second-order valence-electron chi connectivity index (χ2n) is 5.98. The van der Waals surface area contributed by atoms with E-state index in [0.29, 0.717) is 33.4 Å². The van der Waals surface area contributed by atoms with Gasteiger partial charge in [-0.1, -0.05) is 30.3 Å². The third-order valence-corrected chi connectivity index (χ3v) is 4.17. The van der Waals surface area contributed by atoms with Crippen molar-refractivity contribution >= 4 is 34.1 Å². The van der Waals surface area contributed by atoms with Gasteiger partial charge in [-0.05, 0) is 42.0 Å². The molecule has 27 heavy (non-hydrogen) atoms. The summed E-state index contributed by atoms with van der Waals surface area (Å²) < 4.78 is 14.4. The number of benzene rings is 3. The highest BCUT2D eigenvalue weighted by atomic mass is 19.1. The number of urea groups is 1. The van der Waals surface area contributed by atoms with Crippen molar-refractivity contribution in [3.05, 3.63) is 72.5 Å². The van der Waals surface area contributed by atoms with Gasteiger partial charge in [0.05, 0.1) is 10.9 Å². The molecule has 4 aromatic rings. The minimum atomic E-state index is -0.391. The quantitative estimate of drug-likeness (QED) is 0.429. The molecule has 0 unspecified atom stereocenters. The third-order valence-electron chi connectivity index (χ3n) is 4.17. The average Bonchev–Trinajstić information content (AvgIpc) is 3.04. The number of hydrogen-bond acceptors (Lipinski definition) is 3. The Morgan fingerprint density at radius 2 is 1.59 bits per heavy atom. The maximum atomic E-state index is 14.4. The van der Waals surface area contributed by atoms with E-state index in [1.54, 1.807) is 42.5 Å². The number of anilines is 3. The van der Waals surface area contributed by atoms with Crippen LogP contribution < -0.4 is 16.4 Å². The van der Waals surface area contributed by atoms with Crippen molar-refractivity contribution in [1.29, 1.82) is 0 Å². The molecule has 0 aliphatic carbocycles. The van der Waals surface area contributed by atoms with Crippen LogP contribution in [0.15, 0.2) is 66.7 Å². The summed E-state index contributed by atoms with van der Waals surface area (Å²) in [7, 11) is 0. The number of aromatic nitrogens is 2. The number of halogens is 1. The van der Waals surface area contributed by atoms with Crippen molar-refractivity contribution < 1.29 is 9.18 Å². The van der Waals surface area contributed by atoms with Gasteiger partial charge in [0, 0.05) is 16.9 Å². The Kier molecular flexibility index (Phi) is 4.18. The highest BCUT2D eigenvalue weighted by molar-refractivity contribution is 6.02. The first-order valence-corrected chi connectivity index (χ1v) is 8.27. The van der Waals surface area contributed by atoms with E-state index in [0.717, 1.165) is 0 Å². The van der Waals surface area contributed by atoms with Crippen molar-refractivity contribution in [1.82, 2.24) is 10.2 Å². The first-order chi connectivity index (χ1) is 13.1. The second kappa shape index (κ2) is 6.80. The van der Waals surface area contributed by atoms with Crippen molar-refractivity contribution in [2.45, 2.75) is 0 Å². The first-order valence-electron chi connectivity index (χ1n) is 8.27. The Morgan fingerprint density at radius 3 is 2.30 bits per heavy atom. The lowest BCUT2D eigenvalue weighted by Gasteiger charge is -2.10. The van der Waals surface area contributed by atoms with E-state index >= 15 is 0 Å². The molecule has 0 saturated carbocycles. The molecule has 0 radical (unpaired) electrons. The molecule has 1 heterocycles. The Labute approximate surface area is 154 Å². The van der Waals surface area contributed by atoms with Gasteiger partial charge in [-0.25, -0.2) is 9.18 Å². The Hall–Kier alpha value is -3.87. The maximum absolute atomic E-state index is 14.4. The molecule has 0 aliphatic heterocycles. The van der Waals surface area contributed by atoms with Crippen LogP contribution in [0.25, 0.3) is 22.0 Å². The van der Waals surface area contributed by atoms with Crippen LogP contribution in [-0.4, -0.2) is 16.2 Å². The number of nitrogen functional groups attached to an aromatic ring is 1. The largest absolute Gasteiger partial charge is 0.382 e. The summed E-state index contributed by atoms with van der Waals surface area (Å²) in [5.41, 5.74) is 8.83. The molecular formula is C20H16FN5O. The van der Waals surface area contributed by atoms with Crippen LogP contribution in [0.5, 0.6) is 0 Å². The number of amides is 2. The molecule has 2 amide bonds. The number of nitrogens with one attached hydrogen (secondary N) is 3. The van der Waals surface area contributed by atoms with Gasteiger partial charge < -0.3 is 16.4 Å². The van der Waals surface area contributed by atoms with Crippen LogP contribution in [0.4, 0.5) is 26.4 Å². The molecule has 5 N–H and O–H groups in total. The summed E-state index contributed by atoms with van der Waals surface area (Å²) in [4.78, 5) is 12.1. The van der Waals surface area contributed by atoms with E-state index in [1.807, 2.05) is 18.2 Å². The topological polar surface area (TPSA) is 95.8 Å². The normalized spacial score (nSPS) is 10.7. The highest BCUT2D eigenvalue weighted by Crippen LogP contribution is 2.34. The number of H-pyrrole nitrogens is 1. The molecule has 4 rings (SSSR count). The number of hydrogen-bond donors (Lipinski definition) is 4. The fraction of sp³-hybridized carbons (Fsp3) is 0. The molecule has 7 heteroatoms. The van der Waals surface area contributed by atoms with E-state index in [4.69, 9.17) is 5.73 Å². The van der Waals surface area contributed by atoms with Crippen LogP contribution in [0, 0.1) is 5.82 Å². The molecule has 0 aliphatic rings. The lowest BCUT2D eigenvalue weighted by Crippen LogP contribution is -2.19. The van der Waals surface area contributed by atoms with Crippen LogP contribution >= 0.6 is 0 Å². The zero-order valence-corrected chi connectivity index (χ0v) is 14.2. The molecule has 0 fully saturated rings. The summed E-state index contributed by atoms with van der Waals surface area (Å²) >= 11 is 0. The number of fused-ring (bicyclic) bond motifs is 1. The fourth-order valence-electron chi connectivity index (χ4n) is 2.93. The van der Waals surface area contributed by atoms with Crippen molar-refractivity contribution in [3.63, 3.8) is 0 Å². The average molecular weight is 361 g/mol. The number of carbonyl (C=O) groups excluding carboxylic acids is 1. The van der Waals surface area contributed by atoms with Gasteiger partial charge in [-0.15, -0.1) is 0 Å². The Bertz CT molecular complexity index is 1110. The lowest BCUT2D eigenvalue weighted by molar-refractivity contribution is 0.262. The molecule has 3 aromatic carbocycles. The van der Waals surface area contributed by atoms with E-state index in [2.05, 4.69) is 20.8 Å². The molecular weight excluding hydrogens is 345 g/mol. The monoisotopic (exact) mass is 361 g/mol. The predicted molar refractivity (Wildman–Crippen MR) is 105 cm³/mol. The minimum Gasteiger partial charge on any atom is -0.382 e. The summed E-state index contributed by atoms with van der Waals surface area (Å²) in [5, 5.41) is 12.7. The maximum Gasteiger partial charge on any atom is 0.323 e. The van der Waals surface area contributed by atoms with E-state index < -0.39 is 5.82 Å². The van der Waals surface area contributed by atoms with E-state index in [9.17, 15) is 9.18 Å². The van der Waals surface area contributed by atoms with Gasteiger partial charge in [0.1, 0.15) is 5.82 Å². The zero-order valence-electron chi connectivity index (χ0n) is 14.2. The lowest BCUT2D eigenvalue weighted by atomic mass is 10.0. The first kappa shape index (κ1) is 16.6. The highest BCUT2D eigenvalue weighted by Gasteiger charge is 2.15. The molecule has 0 saturated heterocycles. The fourth-order valence-corrected chi connectivity index (χ4v) is 2.93. The summed E-state index contributed by atoms with van der Waals surface area (Å²) in [6.45, 7) is 0. The number of nitrogens with two attached hydrogens (primary N) is 1. The van der Waals surface area contributed by atoms with Crippen LogP contribution in [0.2, 0.25) is 0 Å². The SMILES string of the molecule is Nc1n[nH]c2ccc(F)c(-c3ccc(NC(=O)Nc4ccccc4)cc3)c12. The van der Waals surface area contributed by atoms with E-state index in [-0.39, 0.29) is 11.8 Å². The number of aromatic amines is 1. The standard InChI is InChI=1S/C20H16FN5O/c21-15-10-11-16-18(19(22)26-25-16)17(15)12-6-8-14(9-7-12)24-20(27)23-13-4-2-1-3-5-13/h1-11H,(H3,22,25,26)(H2,23,24,27). The Balaban J connectivity index is 1.57. The smallest absolute Gasteiger partial charge is 0.323 e. The molecule has 1 aromatic heterocycles. The number of nitrogens with zero attached hydrogens (tertiary/aromatic N) is 1. The third kappa shape index (κ3) is 3.30. The summed E-state index contributed by atoms with van der Waals surface area (Å²) in [5.74, 6) is -0.151. The van der Waals surface area contributed by atoms with Crippen molar-refractivity contribution in [2.75, 3.05) is 16.4 Å². The molecule has 6 nitrogen and oxygen atoms in total. The number of carbonyl (C=O) groups is 1. The van der Waals surface area contributed by atoms with Gasteiger partial charge in [-0.2, -0.15) is 5.10 Å². The van der Waals surface area contributed by atoms with E-state index in [1.165, 1.54) is 6.07 Å². The molecule has 0 atom stereocenters.